The first-order valence-corrected chi connectivity index (χ1v) is 39.0. The zero-order chi connectivity index (χ0) is 78.9. The van der Waals surface area contributed by atoms with Gasteiger partial charge in [0.2, 0.25) is 11.8 Å². The molecule has 107 heavy (non-hydrogen) atoms. The van der Waals surface area contributed by atoms with Crippen LogP contribution in [0.25, 0.3) is 0 Å². The van der Waals surface area contributed by atoms with Crippen molar-refractivity contribution in [3.63, 3.8) is 0 Å². The van der Waals surface area contributed by atoms with Gasteiger partial charge >= 0.3 is 25.7 Å². The van der Waals surface area contributed by atoms with E-state index >= 15 is 0 Å². The highest BCUT2D eigenvalue weighted by atomic mass is 31.2. The predicted octanol–water partition coefficient (Wildman–Crippen LogP) is -2.17. The van der Waals surface area contributed by atoms with Gasteiger partial charge in [-0.1, -0.05) is 142 Å². The molecule has 5 aliphatic rings. The molecule has 5 aliphatic heterocycles. The monoisotopic (exact) mass is 1570 g/mol. The Morgan fingerprint density at radius 1 is 0.421 bits per heavy atom. The van der Waals surface area contributed by atoms with Crippen LogP contribution in [-0.4, -0.2) is 330 Å². The number of phosphoric acid groups is 1. The summed E-state index contributed by atoms with van der Waals surface area (Å²) in [4.78, 5) is 73.8. The lowest BCUT2D eigenvalue weighted by Gasteiger charge is -2.48. The normalized spacial score (nSPS) is 34.4. The Balaban J connectivity index is 1.18. The Hall–Kier alpha value is -3.50. The number of aliphatic hydroxyl groups excluding tert-OH is 14. The molecule has 0 aliphatic carbocycles. The number of carbonyl (C=O) groups excluding carboxylic acids is 4. The van der Waals surface area contributed by atoms with E-state index in [1.54, 1.807) is 0 Å². The number of ether oxygens (including phenoxy) is 12. The zero-order valence-corrected chi connectivity index (χ0v) is 62.4. The molecule has 5 heterocycles. The van der Waals surface area contributed by atoms with Crippen molar-refractivity contribution in [1.29, 1.82) is 0 Å². The smallest absolute Gasteiger partial charge is 0.472 e. The van der Waals surface area contributed by atoms with Crippen LogP contribution in [0.1, 0.15) is 182 Å². The fourth-order valence-electron chi connectivity index (χ4n) is 12.8. The van der Waals surface area contributed by atoms with Gasteiger partial charge < -0.3 is 149 Å². The number of phosphoric ester groups is 1. The van der Waals surface area contributed by atoms with Crippen LogP contribution in [0.4, 0.5) is 0 Å². The molecule has 18 N–H and O–H groups in total. The number of carboxylic acids is 1. The number of aliphatic hydroxyl groups is 14. The molecule has 0 saturated carbocycles. The predicted molar refractivity (Wildman–Crippen MR) is 365 cm³/mol. The van der Waals surface area contributed by atoms with E-state index in [0.717, 1.165) is 71.6 Å². The molecular weight excluding hydrogens is 1450 g/mol. The quantitative estimate of drug-likeness (QED) is 0.0175. The minimum atomic E-state index is -5.50. The van der Waals surface area contributed by atoms with Crippen LogP contribution in [0.3, 0.4) is 0 Å². The Bertz CT molecular complexity index is 2590. The van der Waals surface area contributed by atoms with Crippen molar-refractivity contribution >= 4 is 37.5 Å². The second kappa shape index (κ2) is 49.2. The highest BCUT2D eigenvalue weighted by Gasteiger charge is 2.55. The average Bonchev–Trinajstić information content (AvgIpc) is 0.780. The minimum Gasteiger partial charge on any atom is -0.479 e. The molecule has 38 nitrogen and oxygen atoms in total. The van der Waals surface area contributed by atoms with Crippen LogP contribution in [-0.2, 0) is 94.4 Å². The molecule has 0 radical (unpaired) electrons. The SMILES string of the molecule is CCCCCCCCCCCCCC(=O)OC[C@H](CO[C@@H]1O[C@H](CO[C@@H]2O[C@H](CO[C@@H]3O[C@H](COP(=O)(O)OC[C@H]4O[C@H](O[C@H](CO)C(=O)O)[C@H](NC(C)=O)[C@@H](O[C@H]5O[C@H](CO)[C@@H](O)[C@H](O)[C@H]5NC(C)=O)[C@@H]4O)[C@@H](O)[C@H](O)[C@H]3O)[C@@H](O)[C@H](O)[C@H]2O)[C@@H](O)[C@H](O)[C@H]1O)OC(=O)CCCCCCCCCCCCC. The summed E-state index contributed by atoms with van der Waals surface area (Å²) in [7, 11) is -5.50. The third kappa shape index (κ3) is 31.1. The maximum absolute atomic E-state index is 13.5. The summed E-state index contributed by atoms with van der Waals surface area (Å²) in [5.41, 5.74) is 0. The maximum atomic E-state index is 13.5. The average molecular weight is 1570 g/mol. The van der Waals surface area contributed by atoms with Crippen LogP contribution < -0.4 is 10.6 Å². The zero-order valence-electron chi connectivity index (χ0n) is 61.5. The minimum absolute atomic E-state index is 0.0615. The summed E-state index contributed by atoms with van der Waals surface area (Å²) >= 11 is 0. The largest absolute Gasteiger partial charge is 0.479 e. The number of aliphatic carboxylic acids is 1. The Labute approximate surface area is 622 Å². The van der Waals surface area contributed by atoms with Crippen molar-refractivity contribution < 1.29 is 176 Å². The van der Waals surface area contributed by atoms with Gasteiger partial charge in [0.15, 0.2) is 43.7 Å². The van der Waals surface area contributed by atoms with Gasteiger partial charge in [0.25, 0.3) is 0 Å². The number of hydrogen-bond donors (Lipinski definition) is 18. The third-order valence-electron chi connectivity index (χ3n) is 19.1. The Kier molecular flexibility index (Phi) is 43.3. The lowest BCUT2D eigenvalue weighted by molar-refractivity contribution is -0.343. The van der Waals surface area contributed by atoms with Crippen molar-refractivity contribution in [2.75, 3.05) is 52.9 Å². The molecule has 5 rings (SSSR count). The third-order valence-corrected chi connectivity index (χ3v) is 20.1. The van der Waals surface area contributed by atoms with E-state index in [9.17, 15) is 110 Å². The molecule has 5 saturated heterocycles. The molecule has 1 unspecified atom stereocenters. The van der Waals surface area contributed by atoms with Gasteiger partial charge in [-0.05, 0) is 12.8 Å². The molecule has 0 bridgehead atoms. The van der Waals surface area contributed by atoms with Crippen LogP contribution in [0, 0.1) is 0 Å². The first-order chi connectivity index (χ1) is 51.0. The van der Waals surface area contributed by atoms with E-state index < -0.39 is 256 Å². The number of carbonyl (C=O) groups is 5. The molecule has 624 valence electrons. The highest BCUT2D eigenvalue weighted by Crippen LogP contribution is 2.45. The van der Waals surface area contributed by atoms with Gasteiger partial charge in [-0.2, -0.15) is 0 Å². The molecule has 0 aromatic rings. The molecule has 0 spiro atoms. The van der Waals surface area contributed by atoms with E-state index in [2.05, 4.69) is 24.5 Å². The van der Waals surface area contributed by atoms with E-state index in [1.165, 1.54) is 70.6 Å². The van der Waals surface area contributed by atoms with Gasteiger partial charge in [-0.15, -0.1) is 0 Å². The number of rotatable bonds is 51. The van der Waals surface area contributed by atoms with E-state index in [1.807, 2.05) is 0 Å². The number of hydrogen-bond acceptors (Lipinski definition) is 34. The van der Waals surface area contributed by atoms with Gasteiger partial charge in [0.1, 0.15) is 129 Å². The number of nitrogens with one attached hydrogen (secondary N) is 2. The fourth-order valence-corrected chi connectivity index (χ4v) is 13.6. The Morgan fingerprint density at radius 2 is 0.794 bits per heavy atom. The molecular formula is C68H121N2O36P. The highest BCUT2D eigenvalue weighted by molar-refractivity contribution is 7.47. The van der Waals surface area contributed by atoms with Crippen molar-refractivity contribution in [3.8, 4) is 0 Å². The second-order valence-electron chi connectivity index (χ2n) is 27.9. The topological polar surface area (TPSA) is 579 Å². The van der Waals surface area contributed by atoms with Crippen molar-refractivity contribution in [3.05, 3.63) is 0 Å². The Morgan fingerprint density at radius 3 is 1.21 bits per heavy atom. The van der Waals surface area contributed by atoms with Crippen molar-refractivity contribution in [2.45, 2.75) is 347 Å². The van der Waals surface area contributed by atoms with Crippen molar-refractivity contribution in [1.82, 2.24) is 10.6 Å². The molecule has 0 aromatic carbocycles. The van der Waals surface area contributed by atoms with E-state index in [4.69, 9.17) is 65.9 Å². The van der Waals surface area contributed by atoms with Gasteiger partial charge in [-0.3, -0.25) is 28.2 Å². The van der Waals surface area contributed by atoms with Crippen LogP contribution in [0.5, 0.6) is 0 Å². The first kappa shape index (κ1) is 94.1. The number of unbranched alkanes of at least 4 members (excludes halogenated alkanes) is 20. The lowest BCUT2D eigenvalue weighted by Crippen LogP contribution is -2.70. The van der Waals surface area contributed by atoms with Crippen LogP contribution in [0.15, 0.2) is 0 Å². The fraction of sp³-hybridized carbons (Fsp3) is 0.926. The summed E-state index contributed by atoms with van der Waals surface area (Å²) in [6, 6.07) is -3.48. The van der Waals surface area contributed by atoms with Crippen LogP contribution >= 0.6 is 7.82 Å². The van der Waals surface area contributed by atoms with Gasteiger partial charge in [0.05, 0.1) is 46.2 Å². The summed E-state index contributed by atoms with van der Waals surface area (Å²) in [5.74, 6) is -4.59. The summed E-state index contributed by atoms with van der Waals surface area (Å²) in [5, 5.41) is 166. The standard InChI is InChI=1S/C68H121N2O36P/c1-5-7-9-11-13-15-17-19-21-23-25-27-46(75)93-31-39(99-47(76)28-26-24-22-20-18-16-14-12-10-8-6-2)32-94-66-59(86)56(83)51(78)42(103-66)33-95-67-60(87)57(84)52(79)43(104-67)34-96-68-61(88)58(85)53(80)44(105-68)35-97-107(91,92)98-36-45-54(81)62(49(70-38(4)74)65(102-45)101-41(30-72)63(89)90)106-64-48(69-37(3)73)55(82)50(77)40(29-71)100-64/h39-45,48-62,64-68,71-72,77-88H,5-36H2,1-4H3,(H,69,73)(H,70,74)(H,89,90)(H,91,92)/t39-,40-,41-,42-,43-,44-,45-,48-,49-,50-,51-,52-,53-,54-,55-,56+,57+,58+,59-,60-,61-,62-,64-,65+,66-,67-,68-/m1/s1. The lowest BCUT2D eigenvalue weighted by atomic mass is 9.94. The van der Waals surface area contributed by atoms with Crippen molar-refractivity contribution in [2.24, 2.45) is 0 Å². The summed E-state index contributed by atoms with van der Waals surface area (Å²) < 4.78 is 91.9. The number of amides is 2. The van der Waals surface area contributed by atoms with Gasteiger partial charge in [0, 0.05) is 26.7 Å². The summed E-state index contributed by atoms with van der Waals surface area (Å²) in [6.45, 7) is -0.860. The molecule has 5 fully saturated rings. The molecule has 2 amide bonds. The molecule has 39 heteroatoms. The molecule has 28 atom stereocenters. The second-order valence-corrected chi connectivity index (χ2v) is 29.4. The van der Waals surface area contributed by atoms with Gasteiger partial charge in [-0.25, -0.2) is 9.36 Å². The molecule has 0 aromatic heterocycles. The number of carboxylic acid groups (broad SMARTS) is 1. The summed E-state index contributed by atoms with van der Waals surface area (Å²) in [6.07, 6.45) is -24.4. The first-order valence-electron chi connectivity index (χ1n) is 37.5. The van der Waals surface area contributed by atoms with E-state index in [-0.39, 0.29) is 12.8 Å². The number of esters is 2. The maximum Gasteiger partial charge on any atom is 0.472 e. The van der Waals surface area contributed by atoms with E-state index in [0.29, 0.717) is 12.8 Å². The van der Waals surface area contributed by atoms with Crippen LogP contribution in [0.2, 0.25) is 0 Å².